The maximum absolute atomic E-state index is 14.1. The van der Waals surface area contributed by atoms with Gasteiger partial charge in [-0.05, 0) is 79.9 Å². The molecule has 0 radical (unpaired) electrons. The molecule has 154 valence electrons. The van der Waals surface area contributed by atoms with E-state index in [-0.39, 0.29) is 5.82 Å². The molecule has 0 aliphatic heterocycles. The van der Waals surface area contributed by atoms with E-state index in [0.29, 0.717) is 5.56 Å². The van der Waals surface area contributed by atoms with E-state index in [9.17, 15) is 4.39 Å². The molecule has 1 aromatic carbocycles. The first kappa shape index (κ1) is 21.4. The number of aryl methyl sites for hydroxylation is 1. The van der Waals surface area contributed by atoms with Crippen LogP contribution in [0.25, 0.3) is 0 Å². The summed E-state index contributed by atoms with van der Waals surface area (Å²) < 4.78 is 14.1. The minimum Gasteiger partial charge on any atom is -0.207 e. The van der Waals surface area contributed by atoms with Gasteiger partial charge in [-0.25, -0.2) is 4.39 Å². The van der Waals surface area contributed by atoms with Crippen molar-refractivity contribution < 1.29 is 4.39 Å². The molecular formula is C26H38FN. The van der Waals surface area contributed by atoms with Crippen molar-refractivity contribution in [1.29, 1.82) is 5.26 Å². The van der Waals surface area contributed by atoms with Gasteiger partial charge in [0.2, 0.25) is 0 Å². The number of unbranched alkanes of at least 4 members (excludes halogenated alkanes) is 2. The summed E-state index contributed by atoms with van der Waals surface area (Å²) in [6, 6.07) is 6.94. The molecule has 2 heteroatoms. The number of nitrogens with zero attached hydrogens (tertiary/aromatic N) is 1. The largest absolute Gasteiger partial charge is 0.207 e. The van der Waals surface area contributed by atoms with E-state index in [1.807, 2.05) is 6.07 Å². The zero-order chi connectivity index (χ0) is 19.8. The smallest absolute Gasteiger partial charge is 0.127 e. The summed E-state index contributed by atoms with van der Waals surface area (Å²) in [6.07, 6.45) is 18.9. The summed E-state index contributed by atoms with van der Waals surface area (Å²) >= 11 is 0. The van der Waals surface area contributed by atoms with Crippen LogP contribution in [-0.4, -0.2) is 0 Å². The van der Waals surface area contributed by atoms with E-state index < -0.39 is 0 Å². The molecule has 1 nitrogen and oxygen atoms in total. The topological polar surface area (TPSA) is 23.8 Å². The Bertz CT molecular complexity index is 630. The van der Waals surface area contributed by atoms with E-state index in [0.717, 1.165) is 42.1 Å². The van der Waals surface area contributed by atoms with Gasteiger partial charge in [0.05, 0.1) is 11.6 Å². The maximum atomic E-state index is 14.1. The second kappa shape index (κ2) is 11.0. The third-order valence-electron chi connectivity index (χ3n) is 7.67. The number of nitriles is 1. The lowest BCUT2D eigenvalue weighted by Gasteiger charge is -2.38. The predicted octanol–water partition coefficient (Wildman–Crippen LogP) is 7.82. The predicted molar refractivity (Wildman–Crippen MR) is 114 cm³/mol. The second-order valence-electron chi connectivity index (χ2n) is 9.51. The molecule has 1 aromatic rings. The van der Waals surface area contributed by atoms with Gasteiger partial charge in [0.15, 0.2) is 0 Å². The molecule has 2 aliphatic carbocycles. The first-order chi connectivity index (χ1) is 13.7. The average molecular weight is 384 g/mol. The van der Waals surface area contributed by atoms with Crippen molar-refractivity contribution in [2.24, 2.45) is 23.7 Å². The quantitative estimate of drug-likeness (QED) is 0.420. The van der Waals surface area contributed by atoms with Crippen molar-refractivity contribution in [2.45, 2.75) is 96.8 Å². The maximum Gasteiger partial charge on any atom is 0.127 e. The molecule has 0 bridgehead atoms. The number of hydrogen-bond acceptors (Lipinski definition) is 1. The van der Waals surface area contributed by atoms with Crippen molar-refractivity contribution in [1.82, 2.24) is 0 Å². The molecule has 2 fully saturated rings. The Balaban J connectivity index is 1.35. The molecule has 0 N–H and O–H groups in total. The highest BCUT2D eigenvalue weighted by Gasteiger charge is 2.30. The summed E-state index contributed by atoms with van der Waals surface area (Å²) in [5.41, 5.74) is 1.20. The third-order valence-corrected chi connectivity index (χ3v) is 7.67. The fourth-order valence-electron chi connectivity index (χ4n) is 5.76. The Labute approximate surface area is 171 Å². The first-order valence-electron chi connectivity index (χ1n) is 11.9. The molecule has 2 aliphatic rings. The summed E-state index contributed by atoms with van der Waals surface area (Å²) in [5, 5.41) is 8.87. The van der Waals surface area contributed by atoms with E-state index in [1.165, 1.54) is 83.1 Å². The van der Waals surface area contributed by atoms with Crippen LogP contribution in [0, 0.1) is 40.8 Å². The van der Waals surface area contributed by atoms with Crippen molar-refractivity contribution in [3.63, 3.8) is 0 Å². The molecule has 3 rings (SSSR count). The molecular weight excluding hydrogens is 345 g/mol. The lowest BCUT2D eigenvalue weighted by atomic mass is 9.68. The Kier molecular flexibility index (Phi) is 8.38. The molecule has 0 spiro atoms. The molecule has 0 atom stereocenters. The van der Waals surface area contributed by atoms with Crippen LogP contribution in [0.5, 0.6) is 0 Å². The Morgan fingerprint density at radius 3 is 2.04 bits per heavy atom. The van der Waals surface area contributed by atoms with Gasteiger partial charge >= 0.3 is 0 Å². The van der Waals surface area contributed by atoms with Gasteiger partial charge in [0.25, 0.3) is 0 Å². The van der Waals surface area contributed by atoms with Crippen LogP contribution in [0.15, 0.2) is 18.2 Å². The van der Waals surface area contributed by atoms with Crippen LogP contribution in [0.2, 0.25) is 0 Å². The first-order valence-corrected chi connectivity index (χ1v) is 11.9. The number of halogens is 1. The monoisotopic (exact) mass is 383 g/mol. The number of benzene rings is 1. The Morgan fingerprint density at radius 2 is 1.50 bits per heavy atom. The molecule has 0 heterocycles. The van der Waals surface area contributed by atoms with E-state index in [2.05, 4.69) is 6.92 Å². The normalized spacial score (nSPS) is 28.0. The van der Waals surface area contributed by atoms with E-state index in [1.54, 1.807) is 12.1 Å². The second-order valence-corrected chi connectivity index (χ2v) is 9.51. The van der Waals surface area contributed by atoms with Crippen LogP contribution in [0.1, 0.15) is 102 Å². The summed E-state index contributed by atoms with van der Waals surface area (Å²) in [5.74, 6) is 3.51. The Morgan fingerprint density at radius 1 is 0.893 bits per heavy atom. The van der Waals surface area contributed by atoms with Gasteiger partial charge in [0, 0.05) is 0 Å². The van der Waals surface area contributed by atoms with Gasteiger partial charge in [-0.3, -0.25) is 0 Å². The summed E-state index contributed by atoms with van der Waals surface area (Å²) in [7, 11) is 0. The number of rotatable bonds is 8. The van der Waals surface area contributed by atoms with Crippen molar-refractivity contribution in [2.75, 3.05) is 0 Å². The fraction of sp³-hybridized carbons (Fsp3) is 0.731. The van der Waals surface area contributed by atoms with Gasteiger partial charge in [-0.1, -0.05) is 64.4 Å². The molecule has 0 amide bonds. The molecule has 0 aromatic heterocycles. The van der Waals surface area contributed by atoms with Crippen LogP contribution in [0.4, 0.5) is 4.39 Å². The van der Waals surface area contributed by atoms with Gasteiger partial charge in [-0.2, -0.15) is 5.26 Å². The highest BCUT2D eigenvalue weighted by molar-refractivity contribution is 5.32. The fourth-order valence-corrected chi connectivity index (χ4v) is 5.76. The minimum atomic E-state index is -0.205. The van der Waals surface area contributed by atoms with Crippen molar-refractivity contribution in [3.05, 3.63) is 35.1 Å². The molecule has 0 saturated heterocycles. The number of hydrogen-bond donors (Lipinski definition) is 0. The highest BCUT2D eigenvalue weighted by atomic mass is 19.1. The average Bonchev–Trinajstić information content (AvgIpc) is 2.74. The minimum absolute atomic E-state index is 0.205. The van der Waals surface area contributed by atoms with Crippen molar-refractivity contribution in [3.8, 4) is 6.07 Å². The summed E-state index contributed by atoms with van der Waals surface area (Å²) in [6.45, 7) is 2.30. The molecule has 28 heavy (non-hydrogen) atoms. The highest BCUT2D eigenvalue weighted by Crippen LogP contribution is 2.43. The third kappa shape index (κ3) is 6.07. The zero-order valence-corrected chi connectivity index (χ0v) is 17.8. The van der Waals surface area contributed by atoms with Crippen molar-refractivity contribution >= 4 is 0 Å². The zero-order valence-electron chi connectivity index (χ0n) is 17.8. The van der Waals surface area contributed by atoms with Gasteiger partial charge < -0.3 is 0 Å². The van der Waals surface area contributed by atoms with Crippen LogP contribution < -0.4 is 0 Å². The van der Waals surface area contributed by atoms with Gasteiger partial charge in [0.1, 0.15) is 5.82 Å². The SMILES string of the molecule is CCCCC[C@H]1CC[C@H](C2CCC(CCc3ccc(C#N)cc3F)CC2)CC1. The lowest BCUT2D eigenvalue weighted by molar-refractivity contribution is 0.140. The summed E-state index contributed by atoms with van der Waals surface area (Å²) in [4.78, 5) is 0. The molecule has 2 saturated carbocycles. The van der Waals surface area contributed by atoms with Crippen LogP contribution in [-0.2, 0) is 6.42 Å². The van der Waals surface area contributed by atoms with E-state index >= 15 is 0 Å². The molecule has 0 unspecified atom stereocenters. The van der Waals surface area contributed by atoms with E-state index in [4.69, 9.17) is 5.26 Å². The van der Waals surface area contributed by atoms with Crippen LogP contribution >= 0.6 is 0 Å². The lowest BCUT2D eigenvalue weighted by Crippen LogP contribution is -2.26. The van der Waals surface area contributed by atoms with Gasteiger partial charge in [-0.15, -0.1) is 0 Å². The Hall–Kier alpha value is -1.36. The standard InChI is InChI=1S/C26H38FN/c1-2-3-4-5-20-6-12-23(13-7-20)24-14-8-21(9-15-24)10-16-25-17-11-22(19-28)18-26(25)27/h11,17-18,20-21,23-24H,2-10,12-16H2,1H3/t20-,21?,23-,24?. The van der Waals surface area contributed by atoms with Crippen LogP contribution in [0.3, 0.4) is 0 Å².